The average Bonchev–Trinajstić information content (AvgIpc) is 2.68. The Morgan fingerprint density at radius 2 is 2.17 bits per heavy atom. The predicted octanol–water partition coefficient (Wildman–Crippen LogP) is 4.54. The first-order valence-corrected chi connectivity index (χ1v) is 7.19. The molecule has 0 unspecified atom stereocenters. The van der Waals surface area contributed by atoms with Gasteiger partial charge in [0.05, 0.1) is 5.75 Å². The Hall–Kier alpha value is -1.40. The molecular weight excluding hydrogens is 240 g/mol. The van der Waals surface area contributed by atoms with Crippen molar-refractivity contribution < 1.29 is 0 Å². The maximum Gasteiger partial charge on any atom is 0.223 e. The second kappa shape index (κ2) is 5.49. The molecule has 0 spiro atoms. The summed E-state index contributed by atoms with van der Waals surface area (Å²) in [6.07, 6.45) is 2.23. The monoisotopic (exact) mass is 258 g/mol. The maximum absolute atomic E-state index is 6.85. The molecule has 0 aliphatic rings. The van der Waals surface area contributed by atoms with Gasteiger partial charge in [0.25, 0.3) is 0 Å². The van der Waals surface area contributed by atoms with Crippen LogP contribution in [0.25, 0.3) is 15.7 Å². The predicted molar refractivity (Wildman–Crippen MR) is 79.3 cm³/mol. The average molecular weight is 258 g/mol. The third kappa shape index (κ3) is 2.54. The zero-order chi connectivity index (χ0) is 13.1. The number of fused-ring (bicyclic) bond motifs is 1. The Balaban J connectivity index is 2.45. The highest BCUT2D eigenvalue weighted by Gasteiger charge is 2.11. The van der Waals surface area contributed by atoms with Crippen molar-refractivity contribution in [3.8, 4) is 0 Å². The minimum atomic E-state index is 0.463. The van der Waals surface area contributed by atoms with E-state index >= 15 is 0 Å². The second-order valence-electron chi connectivity index (χ2n) is 4.75. The lowest BCUT2D eigenvalue weighted by atomic mass is 10.2. The van der Waals surface area contributed by atoms with Crippen LogP contribution in [-0.4, -0.2) is 16.9 Å². The number of hydrogen-bond acceptors (Lipinski definition) is 1. The number of rotatable bonds is 4. The maximum atomic E-state index is 6.85. The molecule has 1 aromatic carbocycles. The second-order valence-corrected chi connectivity index (χ2v) is 5.88. The number of aromatic nitrogens is 1. The molecule has 3 heteroatoms. The van der Waals surface area contributed by atoms with Gasteiger partial charge in [-0.3, -0.25) is 0 Å². The topological polar surface area (TPSA) is 9.29 Å². The Bertz CT molecular complexity index is 590. The summed E-state index contributed by atoms with van der Waals surface area (Å²) in [5, 5.41) is 1.32. The molecule has 0 fully saturated rings. The zero-order valence-corrected chi connectivity index (χ0v) is 11.9. The summed E-state index contributed by atoms with van der Waals surface area (Å²) >= 11 is 1.79. The van der Waals surface area contributed by atoms with Gasteiger partial charge in [-0.05, 0) is 32.9 Å². The first-order chi connectivity index (χ1) is 8.63. The molecule has 0 bridgehead atoms. The molecule has 94 valence electrons. The Labute approximate surface area is 113 Å². The molecular formula is C15H18N2S. The van der Waals surface area contributed by atoms with E-state index in [1.807, 2.05) is 0 Å². The summed E-state index contributed by atoms with van der Waals surface area (Å²) in [6.45, 7) is 14.0. The molecule has 0 aliphatic carbocycles. The molecule has 18 heavy (non-hydrogen) atoms. The number of aryl methyl sites for hydroxylation is 1. The number of thioether (sulfide) groups is 1. The largest absolute Gasteiger partial charge is 0.344 e. The van der Waals surface area contributed by atoms with Crippen LogP contribution < -0.4 is 0 Å². The van der Waals surface area contributed by atoms with Crippen LogP contribution in [0.4, 0.5) is 0 Å². The third-order valence-corrected chi connectivity index (χ3v) is 3.99. The van der Waals surface area contributed by atoms with Crippen molar-refractivity contribution in [1.29, 1.82) is 0 Å². The number of nitrogens with zero attached hydrogens (tertiary/aromatic N) is 2. The Kier molecular flexibility index (Phi) is 3.98. The summed E-state index contributed by atoms with van der Waals surface area (Å²) in [5.74, 6) is 0.870. The molecule has 1 aromatic heterocycles. The van der Waals surface area contributed by atoms with Crippen molar-refractivity contribution in [2.75, 3.05) is 12.3 Å². The van der Waals surface area contributed by atoms with Gasteiger partial charge < -0.3 is 9.41 Å². The van der Waals surface area contributed by atoms with Crippen LogP contribution in [0.2, 0.25) is 0 Å². The van der Waals surface area contributed by atoms with Gasteiger partial charge in [0, 0.05) is 28.0 Å². The summed E-state index contributed by atoms with van der Waals surface area (Å²) in [4.78, 5) is 4.71. The molecule has 0 amide bonds. The van der Waals surface area contributed by atoms with Gasteiger partial charge in [-0.2, -0.15) is 0 Å². The van der Waals surface area contributed by atoms with E-state index in [0.717, 1.165) is 5.75 Å². The third-order valence-electron chi connectivity index (χ3n) is 2.97. The fourth-order valence-corrected chi connectivity index (χ4v) is 2.99. The van der Waals surface area contributed by atoms with Gasteiger partial charge >= 0.3 is 0 Å². The van der Waals surface area contributed by atoms with Crippen LogP contribution in [0, 0.1) is 13.5 Å². The molecule has 0 atom stereocenters. The van der Waals surface area contributed by atoms with Crippen LogP contribution in [0.3, 0.4) is 0 Å². The normalized spacial score (nSPS) is 11.1. The number of hydrogen-bond donors (Lipinski definition) is 0. The van der Waals surface area contributed by atoms with Crippen LogP contribution in [0.15, 0.2) is 29.3 Å². The Morgan fingerprint density at radius 3 is 2.83 bits per heavy atom. The van der Waals surface area contributed by atoms with Crippen molar-refractivity contribution in [2.45, 2.75) is 31.7 Å². The van der Waals surface area contributed by atoms with Crippen LogP contribution in [0.1, 0.15) is 25.5 Å². The Morgan fingerprint density at radius 1 is 1.39 bits per heavy atom. The quantitative estimate of drug-likeness (QED) is 0.444. The fraction of sp³-hybridized carbons (Fsp3) is 0.400. The number of benzene rings is 1. The molecule has 2 rings (SSSR count). The van der Waals surface area contributed by atoms with Gasteiger partial charge in [0.2, 0.25) is 6.54 Å². The summed E-state index contributed by atoms with van der Waals surface area (Å²) in [7, 11) is 0. The molecule has 0 saturated carbocycles. The minimum absolute atomic E-state index is 0.463. The van der Waals surface area contributed by atoms with E-state index in [4.69, 9.17) is 6.57 Å². The first-order valence-electron chi connectivity index (χ1n) is 6.20. The minimum Gasteiger partial charge on any atom is -0.344 e. The highest BCUT2D eigenvalue weighted by atomic mass is 32.2. The van der Waals surface area contributed by atoms with E-state index in [0.29, 0.717) is 12.6 Å². The first kappa shape index (κ1) is 13.0. The van der Waals surface area contributed by atoms with Crippen molar-refractivity contribution >= 4 is 22.7 Å². The summed E-state index contributed by atoms with van der Waals surface area (Å²) in [6, 6.07) is 7.07. The van der Waals surface area contributed by atoms with Crippen molar-refractivity contribution in [1.82, 2.24) is 4.57 Å². The van der Waals surface area contributed by atoms with Gasteiger partial charge in [-0.15, -0.1) is 11.8 Å². The highest BCUT2D eigenvalue weighted by Crippen LogP contribution is 2.32. The van der Waals surface area contributed by atoms with Crippen molar-refractivity contribution in [3.63, 3.8) is 0 Å². The van der Waals surface area contributed by atoms with E-state index in [1.54, 1.807) is 11.8 Å². The highest BCUT2D eigenvalue weighted by molar-refractivity contribution is 7.99. The van der Waals surface area contributed by atoms with E-state index in [9.17, 15) is 0 Å². The lowest BCUT2D eigenvalue weighted by molar-refractivity contribution is 0.620. The summed E-state index contributed by atoms with van der Waals surface area (Å²) in [5.41, 5.74) is 2.58. The van der Waals surface area contributed by atoms with Crippen molar-refractivity contribution in [3.05, 3.63) is 41.4 Å². The lowest BCUT2D eigenvalue weighted by Gasteiger charge is -2.08. The van der Waals surface area contributed by atoms with E-state index in [-0.39, 0.29) is 0 Å². The van der Waals surface area contributed by atoms with Gasteiger partial charge in [0.15, 0.2) is 0 Å². The standard InChI is InChI=1S/C15H18N2S/c1-11(2)17-10-15(18-8-7-16-4)13-9-12(3)5-6-14(13)17/h5-6,9-11H,7-8H2,1-3H3. The zero-order valence-electron chi connectivity index (χ0n) is 11.1. The van der Waals surface area contributed by atoms with Crippen LogP contribution in [0.5, 0.6) is 0 Å². The van der Waals surface area contributed by atoms with Crippen LogP contribution in [-0.2, 0) is 0 Å². The van der Waals surface area contributed by atoms with E-state index in [2.05, 4.69) is 54.6 Å². The molecule has 1 heterocycles. The van der Waals surface area contributed by atoms with E-state index in [1.165, 1.54) is 21.4 Å². The molecule has 2 aromatic rings. The van der Waals surface area contributed by atoms with Crippen LogP contribution >= 0.6 is 11.8 Å². The van der Waals surface area contributed by atoms with Gasteiger partial charge in [0.1, 0.15) is 0 Å². The van der Waals surface area contributed by atoms with Crippen molar-refractivity contribution in [2.24, 2.45) is 0 Å². The fourth-order valence-electron chi connectivity index (χ4n) is 2.08. The molecule has 0 radical (unpaired) electrons. The SMILES string of the molecule is [C-]#[N+]CCSc1cn(C(C)C)c2ccc(C)cc12. The smallest absolute Gasteiger partial charge is 0.223 e. The molecule has 0 saturated heterocycles. The molecule has 0 aliphatic heterocycles. The van der Waals surface area contributed by atoms with Gasteiger partial charge in [-0.1, -0.05) is 11.6 Å². The molecule has 2 nitrogen and oxygen atoms in total. The van der Waals surface area contributed by atoms with E-state index < -0.39 is 0 Å². The summed E-state index contributed by atoms with van der Waals surface area (Å²) < 4.78 is 2.31. The lowest BCUT2D eigenvalue weighted by Crippen LogP contribution is -1.97. The van der Waals surface area contributed by atoms with Gasteiger partial charge in [-0.25, -0.2) is 6.57 Å². The molecule has 0 N–H and O–H groups in total.